The van der Waals surface area contributed by atoms with Crippen LogP contribution in [-0.2, 0) is 0 Å². The van der Waals surface area contributed by atoms with Gasteiger partial charge in [0.2, 0.25) is 0 Å². The smallest absolute Gasteiger partial charge is 0.0721 e. The third-order valence-electron chi connectivity index (χ3n) is 2.02. The maximum absolute atomic E-state index is 4.60. The van der Waals surface area contributed by atoms with Gasteiger partial charge in [-0.05, 0) is 30.8 Å². The molecule has 1 rings (SSSR count). The minimum atomic E-state index is 0.470. The molecule has 0 radical (unpaired) electrons. The average molecular weight is 187 g/mol. The Morgan fingerprint density at radius 1 is 1.64 bits per heavy atom. The number of isothiocyanates is 1. The van der Waals surface area contributed by atoms with Gasteiger partial charge in [-0.2, -0.15) is 11.8 Å². The van der Waals surface area contributed by atoms with E-state index in [2.05, 4.69) is 29.3 Å². The van der Waals surface area contributed by atoms with Crippen LogP contribution in [0.1, 0.15) is 26.2 Å². The van der Waals surface area contributed by atoms with Gasteiger partial charge in [-0.3, -0.25) is 0 Å². The van der Waals surface area contributed by atoms with Crippen molar-refractivity contribution in [3.63, 3.8) is 0 Å². The van der Waals surface area contributed by atoms with E-state index >= 15 is 0 Å². The molecule has 62 valence electrons. The van der Waals surface area contributed by atoms with Crippen molar-refractivity contribution in [2.45, 2.75) is 37.5 Å². The molecule has 2 unspecified atom stereocenters. The molecule has 1 aliphatic rings. The summed E-state index contributed by atoms with van der Waals surface area (Å²) >= 11 is 6.61. The van der Waals surface area contributed by atoms with Crippen LogP contribution in [0.25, 0.3) is 0 Å². The lowest BCUT2D eigenvalue weighted by atomic mass is 10.3. The number of hydrogen-bond donors (Lipinski definition) is 0. The molecule has 2 atom stereocenters. The van der Waals surface area contributed by atoms with E-state index in [4.69, 9.17) is 0 Å². The summed E-state index contributed by atoms with van der Waals surface area (Å²) in [6, 6.07) is 0.470. The zero-order valence-electron chi connectivity index (χ0n) is 6.75. The zero-order valence-corrected chi connectivity index (χ0v) is 8.38. The first-order valence-corrected chi connectivity index (χ1v) is 5.52. The van der Waals surface area contributed by atoms with E-state index in [9.17, 15) is 0 Å². The molecule has 0 aliphatic heterocycles. The molecule has 1 nitrogen and oxygen atoms in total. The Morgan fingerprint density at radius 3 is 3.09 bits per heavy atom. The normalized spacial score (nSPS) is 29.9. The van der Waals surface area contributed by atoms with Crippen LogP contribution in [0.3, 0.4) is 0 Å². The van der Waals surface area contributed by atoms with E-state index in [1.54, 1.807) is 0 Å². The fraction of sp³-hybridized carbons (Fsp3) is 0.875. The Hall–Kier alpha value is 0.150. The number of hydrogen-bond acceptors (Lipinski definition) is 3. The molecular weight excluding hydrogens is 174 g/mol. The van der Waals surface area contributed by atoms with Crippen molar-refractivity contribution < 1.29 is 0 Å². The summed E-state index contributed by atoms with van der Waals surface area (Å²) in [5.41, 5.74) is 0. The van der Waals surface area contributed by atoms with Gasteiger partial charge in [-0.1, -0.05) is 13.3 Å². The van der Waals surface area contributed by atoms with E-state index in [1.807, 2.05) is 11.8 Å². The summed E-state index contributed by atoms with van der Waals surface area (Å²) in [5.74, 6) is 1.19. The minimum Gasteiger partial charge on any atom is -0.228 e. The lowest BCUT2D eigenvalue weighted by Crippen LogP contribution is -2.13. The van der Waals surface area contributed by atoms with E-state index in [1.165, 1.54) is 25.0 Å². The van der Waals surface area contributed by atoms with Crippen molar-refractivity contribution in [2.24, 2.45) is 4.99 Å². The predicted octanol–water partition coefficient (Wildman–Crippen LogP) is 2.76. The second kappa shape index (κ2) is 4.91. The summed E-state index contributed by atoms with van der Waals surface area (Å²) in [7, 11) is 0. The number of thioether (sulfide) groups is 1. The van der Waals surface area contributed by atoms with Crippen LogP contribution in [0.2, 0.25) is 0 Å². The summed E-state index contributed by atoms with van der Waals surface area (Å²) < 4.78 is 0. The standard InChI is InChI=1S/C8H13NS2/c1-2-11-8-5-3-4-7(8)9-6-10/h7-8H,2-5H2,1H3. The molecule has 0 spiro atoms. The Labute approximate surface area is 77.7 Å². The first-order valence-electron chi connectivity index (χ1n) is 4.07. The molecule has 1 aliphatic carbocycles. The van der Waals surface area contributed by atoms with Crippen LogP contribution in [0.5, 0.6) is 0 Å². The first-order chi connectivity index (χ1) is 5.38. The van der Waals surface area contributed by atoms with Crippen molar-refractivity contribution in [1.82, 2.24) is 0 Å². The van der Waals surface area contributed by atoms with Crippen molar-refractivity contribution >= 4 is 29.1 Å². The monoisotopic (exact) mass is 187 g/mol. The van der Waals surface area contributed by atoms with Gasteiger partial charge >= 0.3 is 0 Å². The first kappa shape index (κ1) is 9.24. The van der Waals surface area contributed by atoms with E-state index in [0.717, 1.165) is 5.25 Å². The lowest BCUT2D eigenvalue weighted by Gasteiger charge is -2.11. The molecule has 1 saturated carbocycles. The molecule has 0 aromatic rings. The average Bonchev–Trinajstić information content (AvgIpc) is 2.39. The van der Waals surface area contributed by atoms with E-state index < -0.39 is 0 Å². The van der Waals surface area contributed by atoms with Gasteiger partial charge < -0.3 is 0 Å². The van der Waals surface area contributed by atoms with Crippen LogP contribution in [-0.4, -0.2) is 22.2 Å². The Morgan fingerprint density at radius 2 is 2.45 bits per heavy atom. The Bertz CT molecular complexity index is 163. The minimum absolute atomic E-state index is 0.470. The topological polar surface area (TPSA) is 12.4 Å². The largest absolute Gasteiger partial charge is 0.228 e. The summed E-state index contributed by atoms with van der Waals surface area (Å²) in [5, 5.41) is 3.21. The van der Waals surface area contributed by atoms with Gasteiger partial charge in [0.05, 0.1) is 11.2 Å². The van der Waals surface area contributed by atoms with Crippen LogP contribution in [0.4, 0.5) is 0 Å². The molecule has 3 heteroatoms. The van der Waals surface area contributed by atoms with Gasteiger partial charge in [0.25, 0.3) is 0 Å². The number of aliphatic imine (C=N–C) groups is 1. The molecule has 11 heavy (non-hydrogen) atoms. The second-order valence-corrected chi connectivity index (χ2v) is 4.41. The highest BCUT2D eigenvalue weighted by Gasteiger charge is 2.26. The van der Waals surface area contributed by atoms with Crippen LogP contribution < -0.4 is 0 Å². The van der Waals surface area contributed by atoms with Gasteiger partial charge in [-0.25, -0.2) is 4.99 Å². The van der Waals surface area contributed by atoms with Crippen molar-refractivity contribution in [2.75, 3.05) is 5.75 Å². The number of rotatable bonds is 3. The fourth-order valence-electron chi connectivity index (χ4n) is 1.53. The Kier molecular flexibility index (Phi) is 4.13. The van der Waals surface area contributed by atoms with Crippen molar-refractivity contribution in [3.8, 4) is 0 Å². The van der Waals surface area contributed by atoms with Crippen LogP contribution in [0, 0.1) is 0 Å². The van der Waals surface area contributed by atoms with Crippen LogP contribution >= 0.6 is 24.0 Å². The third kappa shape index (κ3) is 2.58. The molecule has 0 heterocycles. The van der Waals surface area contributed by atoms with Gasteiger partial charge in [0.1, 0.15) is 0 Å². The summed E-state index contributed by atoms with van der Waals surface area (Å²) in [6.45, 7) is 2.20. The fourth-order valence-corrected chi connectivity index (χ4v) is 2.85. The highest BCUT2D eigenvalue weighted by atomic mass is 32.2. The maximum Gasteiger partial charge on any atom is 0.0721 e. The zero-order chi connectivity index (χ0) is 8.10. The van der Waals surface area contributed by atoms with Gasteiger partial charge in [0, 0.05) is 5.25 Å². The van der Waals surface area contributed by atoms with Gasteiger partial charge in [0.15, 0.2) is 0 Å². The molecule has 0 amide bonds. The maximum atomic E-state index is 4.60. The molecule has 1 fully saturated rings. The van der Waals surface area contributed by atoms with Crippen molar-refractivity contribution in [1.29, 1.82) is 0 Å². The van der Waals surface area contributed by atoms with Crippen molar-refractivity contribution in [3.05, 3.63) is 0 Å². The molecule has 0 aromatic carbocycles. The summed E-state index contributed by atoms with van der Waals surface area (Å²) in [6.07, 6.45) is 3.83. The molecular formula is C8H13NS2. The highest BCUT2D eigenvalue weighted by molar-refractivity contribution is 7.99. The van der Waals surface area contributed by atoms with E-state index in [-0.39, 0.29) is 0 Å². The van der Waals surface area contributed by atoms with Gasteiger partial charge in [-0.15, -0.1) is 0 Å². The third-order valence-corrected chi connectivity index (χ3v) is 3.43. The highest BCUT2D eigenvalue weighted by Crippen LogP contribution is 2.31. The predicted molar refractivity (Wildman–Crippen MR) is 54.6 cm³/mol. The summed E-state index contributed by atoms with van der Waals surface area (Å²) in [4.78, 5) is 4.17. The quantitative estimate of drug-likeness (QED) is 0.497. The lowest BCUT2D eigenvalue weighted by molar-refractivity contribution is 0.724. The number of nitrogens with zero attached hydrogens (tertiary/aromatic N) is 1. The number of thiocarbonyl (C=S) groups is 1. The second-order valence-electron chi connectivity index (χ2n) is 2.71. The SMILES string of the molecule is CCSC1CCCC1N=C=S. The molecule has 0 N–H and O–H groups in total. The molecule has 0 saturated heterocycles. The molecule has 0 aromatic heterocycles. The van der Waals surface area contributed by atoms with Crippen LogP contribution in [0.15, 0.2) is 4.99 Å². The van der Waals surface area contributed by atoms with E-state index in [0.29, 0.717) is 6.04 Å². The molecule has 0 bridgehead atoms. The Balaban J connectivity index is 2.43.